The van der Waals surface area contributed by atoms with Crippen molar-refractivity contribution in [3.05, 3.63) is 79.8 Å². The van der Waals surface area contributed by atoms with Gasteiger partial charge in [0.15, 0.2) is 0 Å². The Hall–Kier alpha value is -4.72. The Kier molecular flexibility index (Phi) is 9.99. The van der Waals surface area contributed by atoms with Crippen LogP contribution in [0.25, 0.3) is 11.1 Å². The Morgan fingerprint density at radius 3 is 2.51 bits per heavy atom. The SMILES string of the molecule is COc1ccc2c(c1)CCN(C1CCN(C(=O)C(F)n3cc(-c4cccc(F)c4Cl)c(=O)n([C@@H](C)CNC(C)=O)c3=O)CC1)C(=O)N2. The van der Waals surface area contributed by atoms with Crippen molar-refractivity contribution in [3.8, 4) is 16.9 Å². The van der Waals surface area contributed by atoms with Gasteiger partial charge in [0.1, 0.15) is 11.6 Å². The maximum atomic E-state index is 16.1. The van der Waals surface area contributed by atoms with Crippen molar-refractivity contribution in [2.45, 2.75) is 51.5 Å². The molecule has 1 fully saturated rings. The van der Waals surface area contributed by atoms with Gasteiger partial charge in [-0.05, 0) is 56.0 Å². The number of rotatable bonds is 8. The van der Waals surface area contributed by atoms with Gasteiger partial charge in [0, 0.05) is 56.6 Å². The maximum absolute atomic E-state index is 16.1. The number of piperidine rings is 1. The minimum atomic E-state index is -2.53. The highest BCUT2D eigenvalue weighted by Crippen LogP contribution is 2.30. The summed E-state index contributed by atoms with van der Waals surface area (Å²) in [6.07, 6.45) is -0.323. The molecule has 3 aromatic rings. The molecule has 3 heterocycles. The molecule has 1 saturated heterocycles. The van der Waals surface area contributed by atoms with Crippen molar-refractivity contribution >= 4 is 35.1 Å². The predicted molar refractivity (Wildman–Crippen MR) is 171 cm³/mol. The summed E-state index contributed by atoms with van der Waals surface area (Å²) >= 11 is 6.15. The number of aromatic nitrogens is 2. The van der Waals surface area contributed by atoms with Crippen LogP contribution in [0.2, 0.25) is 5.02 Å². The van der Waals surface area contributed by atoms with Crippen molar-refractivity contribution in [1.29, 1.82) is 0 Å². The summed E-state index contributed by atoms with van der Waals surface area (Å²) in [5.74, 6) is -1.58. The lowest BCUT2D eigenvalue weighted by atomic mass is 10.0. The van der Waals surface area contributed by atoms with E-state index >= 15 is 4.39 Å². The Labute approximate surface area is 273 Å². The number of benzene rings is 2. The number of nitrogens with one attached hydrogen (secondary N) is 2. The molecule has 2 aromatic carbocycles. The third-order valence-electron chi connectivity index (χ3n) is 8.58. The normalized spacial score (nSPS) is 16.5. The Bertz CT molecular complexity index is 1820. The number of amides is 4. The molecule has 250 valence electrons. The fourth-order valence-corrected chi connectivity index (χ4v) is 6.22. The number of hydrogen-bond acceptors (Lipinski definition) is 6. The number of alkyl halides is 1. The van der Waals surface area contributed by atoms with E-state index in [1.165, 1.54) is 30.9 Å². The van der Waals surface area contributed by atoms with Gasteiger partial charge in [-0.25, -0.2) is 18.4 Å². The zero-order chi connectivity index (χ0) is 34.0. The van der Waals surface area contributed by atoms with Crippen molar-refractivity contribution in [1.82, 2.24) is 24.3 Å². The molecule has 0 bridgehead atoms. The van der Waals surface area contributed by atoms with Crippen molar-refractivity contribution < 1.29 is 27.9 Å². The van der Waals surface area contributed by atoms with E-state index in [4.69, 9.17) is 16.3 Å². The van der Waals surface area contributed by atoms with E-state index in [1.54, 1.807) is 24.1 Å². The second kappa shape index (κ2) is 14.0. The van der Waals surface area contributed by atoms with E-state index in [0.29, 0.717) is 46.4 Å². The zero-order valence-corrected chi connectivity index (χ0v) is 26.9. The number of fused-ring (bicyclic) bond motifs is 1. The first kappa shape index (κ1) is 33.6. The minimum absolute atomic E-state index is 0.0947. The number of carbonyl (C=O) groups is 3. The zero-order valence-electron chi connectivity index (χ0n) is 26.1. The lowest BCUT2D eigenvalue weighted by Gasteiger charge is -2.38. The van der Waals surface area contributed by atoms with Crippen LogP contribution in [0.4, 0.5) is 19.3 Å². The third kappa shape index (κ3) is 6.87. The van der Waals surface area contributed by atoms with E-state index in [-0.39, 0.29) is 42.8 Å². The van der Waals surface area contributed by atoms with Crippen molar-refractivity contribution in [2.75, 3.05) is 38.6 Å². The number of likely N-dealkylation sites (tertiary alicyclic amines) is 1. The Morgan fingerprint density at radius 1 is 1.11 bits per heavy atom. The molecule has 12 nitrogen and oxygen atoms in total. The van der Waals surface area contributed by atoms with Crippen LogP contribution in [0.1, 0.15) is 44.6 Å². The van der Waals surface area contributed by atoms with E-state index < -0.39 is 46.2 Å². The molecule has 0 saturated carbocycles. The van der Waals surface area contributed by atoms with Crippen LogP contribution in [-0.4, -0.2) is 76.1 Å². The third-order valence-corrected chi connectivity index (χ3v) is 8.96. The fourth-order valence-electron chi connectivity index (χ4n) is 5.99. The van der Waals surface area contributed by atoms with Crippen LogP contribution in [0, 0.1) is 5.82 Å². The summed E-state index contributed by atoms with van der Waals surface area (Å²) in [6.45, 7) is 3.25. The molecular formula is C32H35ClF2N6O6. The van der Waals surface area contributed by atoms with Gasteiger partial charge in [0.05, 0.1) is 23.7 Å². The van der Waals surface area contributed by atoms with Crippen molar-refractivity contribution in [2.24, 2.45) is 0 Å². The fraction of sp³-hybridized carbons (Fsp3) is 0.406. The van der Waals surface area contributed by atoms with Crippen molar-refractivity contribution in [3.63, 3.8) is 0 Å². The lowest BCUT2D eigenvalue weighted by molar-refractivity contribution is -0.141. The highest BCUT2D eigenvalue weighted by Gasteiger charge is 2.35. The van der Waals surface area contributed by atoms with Gasteiger partial charge in [0.2, 0.25) is 5.91 Å². The molecule has 0 spiro atoms. The standard InChI is InChI=1S/C32H35ClF2N6O6/c1-18(16-36-19(2)42)41-29(43)24(23-5-4-6-25(34)27(23)33)17-40(32(41)46)28(35)30(44)38-12-10-21(11-13-38)39-14-9-20-15-22(47-3)7-8-26(20)37-31(39)45/h4-8,15,17-18,21,28H,9-14,16H2,1-3H3,(H,36,42)(H,37,45)/t18-,28?/m0/s1. The molecule has 0 aliphatic carbocycles. The summed E-state index contributed by atoms with van der Waals surface area (Å²) < 4.78 is 37.0. The first-order valence-electron chi connectivity index (χ1n) is 15.1. The first-order valence-corrected chi connectivity index (χ1v) is 15.5. The summed E-state index contributed by atoms with van der Waals surface area (Å²) in [5, 5.41) is 5.02. The number of anilines is 1. The topological polar surface area (TPSA) is 135 Å². The lowest BCUT2D eigenvalue weighted by Crippen LogP contribution is -2.52. The molecule has 2 aliphatic heterocycles. The molecule has 2 atom stereocenters. The molecule has 47 heavy (non-hydrogen) atoms. The number of urea groups is 1. The summed E-state index contributed by atoms with van der Waals surface area (Å²) in [6, 6.07) is 7.72. The van der Waals surface area contributed by atoms with Gasteiger partial charge in [-0.3, -0.25) is 23.5 Å². The Morgan fingerprint density at radius 2 is 1.83 bits per heavy atom. The smallest absolute Gasteiger partial charge is 0.334 e. The molecule has 0 radical (unpaired) electrons. The molecule has 15 heteroatoms. The first-order chi connectivity index (χ1) is 22.4. The monoisotopic (exact) mass is 672 g/mol. The van der Waals surface area contributed by atoms with Gasteiger partial charge in [-0.1, -0.05) is 23.7 Å². The van der Waals surface area contributed by atoms with E-state index in [1.807, 2.05) is 6.07 Å². The quantitative estimate of drug-likeness (QED) is 0.375. The van der Waals surface area contributed by atoms with Crippen LogP contribution in [0.15, 0.2) is 52.2 Å². The van der Waals surface area contributed by atoms with Gasteiger partial charge < -0.3 is 25.2 Å². The van der Waals surface area contributed by atoms with E-state index in [2.05, 4.69) is 10.6 Å². The molecular weight excluding hydrogens is 638 g/mol. The van der Waals surface area contributed by atoms with Crippen LogP contribution in [0.5, 0.6) is 5.75 Å². The average molecular weight is 673 g/mol. The van der Waals surface area contributed by atoms with Gasteiger partial charge in [-0.15, -0.1) is 0 Å². The molecule has 1 unspecified atom stereocenters. The number of methoxy groups -OCH3 is 1. The highest BCUT2D eigenvalue weighted by atomic mass is 35.5. The molecule has 5 rings (SSSR count). The van der Waals surface area contributed by atoms with Crippen LogP contribution in [0.3, 0.4) is 0 Å². The number of carbonyl (C=O) groups excluding carboxylic acids is 3. The van der Waals surface area contributed by atoms with Crippen LogP contribution >= 0.6 is 11.6 Å². The average Bonchev–Trinajstić information content (AvgIpc) is 3.22. The van der Waals surface area contributed by atoms with Crippen LogP contribution < -0.4 is 26.6 Å². The van der Waals surface area contributed by atoms with E-state index in [0.717, 1.165) is 17.8 Å². The number of hydrogen-bond donors (Lipinski definition) is 2. The Balaban J connectivity index is 1.37. The second-order valence-electron chi connectivity index (χ2n) is 11.6. The minimum Gasteiger partial charge on any atom is -0.497 e. The van der Waals surface area contributed by atoms with Crippen LogP contribution in [-0.2, 0) is 16.0 Å². The van der Waals surface area contributed by atoms with Gasteiger partial charge in [-0.2, -0.15) is 0 Å². The summed E-state index contributed by atoms with van der Waals surface area (Å²) in [4.78, 5) is 68.1. The highest BCUT2D eigenvalue weighted by molar-refractivity contribution is 6.33. The second-order valence-corrected chi connectivity index (χ2v) is 12.0. The maximum Gasteiger partial charge on any atom is 0.334 e. The predicted octanol–water partition coefficient (Wildman–Crippen LogP) is 3.72. The summed E-state index contributed by atoms with van der Waals surface area (Å²) in [5.41, 5.74) is -0.787. The van der Waals surface area contributed by atoms with E-state index in [9.17, 15) is 28.4 Å². The summed E-state index contributed by atoms with van der Waals surface area (Å²) in [7, 11) is 1.57. The molecule has 2 aliphatic rings. The molecule has 2 N–H and O–H groups in total. The number of ether oxygens (including phenoxy) is 1. The largest absolute Gasteiger partial charge is 0.497 e. The number of halogens is 3. The number of nitrogens with zero attached hydrogens (tertiary/aromatic N) is 4. The molecule has 4 amide bonds. The molecule has 1 aromatic heterocycles. The van der Waals surface area contributed by atoms with Gasteiger partial charge >= 0.3 is 11.7 Å². The van der Waals surface area contributed by atoms with Gasteiger partial charge in [0.25, 0.3) is 17.8 Å².